The van der Waals surface area contributed by atoms with Gasteiger partial charge in [0.15, 0.2) is 0 Å². The van der Waals surface area contributed by atoms with Crippen LogP contribution in [0.2, 0.25) is 0 Å². The highest BCUT2D eigenvalue weighted by molar-refractivity contribution is 5.26. The molecule has 98 valence electrons. The van der Waals surface area contributed by atoms with Crippen LogP contribution in [0.1, 0.15) is 53.4 Å². The van der Waals surface area contributed by atoms with Gasteiger partial charge in [-0.1, -0.05) is 25.5 Å². The van der Waals surface area contributed by atoms with E-state index >= 15 is 0 Å². The zero-order valence-electron chi connectivity index (χ0n) is 11.5. The topological polar surface area (TPSA) is 40.5 Å². The number of hydrogen-bond donors (Lipinski definition) is 2. The zero-order chi connectivity index (χ0) is 12.8. The molecular weight excluding hydrogens is 212 g/mol. The highest BCUT2D eigenvalue weighted by Gasteiger charge is 2.46. The van der Waals surface area contributed by atoms with Crippen LogP contribution in [0.25, 0.3) is 0 Å². The Hall–Kier alpha value is -0.340. The van der Waals surface area contributed by atoms with Gasteiger partial charge >= 0.3 is 0 Å². The molecule has 2 rings (SSSR count). The second kappa shape index (κ2) is 4.10. The Bertz CT molecular complexity index is 326. The van der Waals surface area contributed by atoms with E-state index in [1.165, 1.54) is 5.57 Å². The van der Waals surface area contributed by atoms with Crippen molar-refractivity contribution in [3.8, 4) is 0 Å². The van der Waals surface area contributed by atoms with Gasteiger partial charge in [-0.05, 0) is 45.4 Å². The van der Waals surface area contributed by atoms with Crippen molar-refractivity contribution in [3.63, 3.8) is 0 Å². The van der Waals surface area contributed by atoms with Gasteiger partial charge < -0.3 is 10.2 Å². The maximum absolute atomic E-state index is 10.3. The largest absolute Gasteiger partial charge is 0.392 e. The first-order valence-corrected chi connectivity index (χ1v) is 6.88. The van der Waals surface area contributed by atoms with Crippen molar-refractivity contribution in [1.29, 1.82) is 0 Å². The van der Waals surface area contributed by atoms with Gasteiger partial charge in [0.25, 0.3) is 0 Å². The average Bonchev–Trinajstić information content (AvgIpc) is 2.22. The molecule has 0 bridgehead atoms. The van der Waals surface area contributed by atoms with E-state index < -0.39 is 5.60 Å². The summed E-state index contributed by atoms with van der Waals surface area (Å²) >= 11 is 0. The Kier molecular flexibility index (Phi) is 3.16. The summed E-state index contributed by atoms with van der Waals surface area (Å²) in [6, 6.07) is 0. The van der Waals surface area contributed by atoms with Gasteiger partial charge in [-0.15, -0.1) is 0 Å². The molecule has 1 saturated carbocycles. The van der Waals surface area contributed by atoms with Gasteiger partial charge in [-0.3, -0.25) is 0 Å². The Morgan fingerprint density at radius 1 is 1.29 bits per heavy atom. The third-order valence-electron chi connectivity index (χ3n) is 5.06. The van der Waals surface area contributed by atoms with E-state index in [0.717, 1.165) is 25.7 Å². The van der Waals surface area contributed by atoms with Crippen molar-refractivity contribution < 1.29 is 10.2 Å². The van der Waals surface area contributed by atoms with Gasteiger partial charge in [-0.25, -0.2) is 0 Å². The van der Waals surface area contributed by atoms with Crippen LogP contribution in [-0.2, 0) is 0 Å². The second-order valence-corrected chi connectivity index (χ2v) is 6.83. The first kappa shape index (κ1) is 13.1. The molecule has 2 N–H and O–H groups in total. The predicted octanol–water partition coefficient (Wildman–Crippen LogP) is 2.89. The van der Waals surface area contributed by atoms with Gasteiger partial charge in [0, 0.05) is 11.3 Å². The third-order valence-corrected chi connectivity index (χ3v) is 5.06. The lowest BCUT2D eigenvalue weighted by Crippen LogP contribution is -2.45. The molecule has 1 fully saturated rings. The van der Waals surface area contributed by atoms with Gasteiger partial charge in [0.2, 0.25) is 0 Å². The normalized spacial score (nSPS) is 42.9. The molecule has 0 unspecified atom stereocenters. The average molecular weight is 238 g/mol. The second-order valence-electron chi connectivity index (χ2n) is 6.83. The van der Waals surface area contributed by atoms with E-state index in [-0.39, 0.29) is 17.4 Å². The third kappa shape index (κ3) is 2.17. The van der Waals surface area contributed by atoms with Crippen molar-refractivity contribution in [2.24, 2.45) is 17.3 Å². The van der Waals surface area contributed by atoms with Crippen molar-refractivity contribution in [3.05, 3.63) is 11.6 Å². The minimum Gasteiger partial charge on any atom is -0.392 e. The molecule has 0 aromatic rings. The summed E-state index contributed by atoms with van der Waals surface area (Å²) in [5.74, 6) is 0.784. The Morgan fingerprint density at radius 2 is 1.94 bits per heavy atom. The molecule has 2 aliphatic carbocycles. The van der Waals surface area contributed by atoms with Gasteiger partial charge in [0.1, 0.15) is 0 Å². The summed E-state index contributed by atoms with van der Waals surface area (Å²) in [6.45, 7) is 8.23. The number of aliphatic hydroxyl groups excluding tert-OH is 1. The minimum absolute atomic E-state index is 0.0422. The van der Waals surface area contributed by atoms with Crippen molar-refractivity contribution in [2.75, 3.05) is 0 Å². The van der Waals surface area contributed by atoms with Crippen LogP contribution >= 0.6 is 0 Å². The molecule has 2 nitrogen and oxygen atoms in total. The standard InChI is InChI=1S/C15H26O2/c1-10-5-6-13(16)15(4)8-7-11(9-12(10)15)14(2,3)17/h9-11,13,16-17H,5-8H2,1-4H3/t10-,11-,13-,15-/m0/s1. The monoisotopic (exact) mass is 238 g/mol. The molecule has 0 aromatic carbocycles. The van der Waals surface area contributed by atoms with Crippen LogP contribution in [-0.4, -0.2) is 21.9 Å². The highest BCUT2D eigenvalue weighted by Crippen LogP contribution is 2.51. The SMILES string of the molecule is C[C@H]1CC[C@H](O)[C@@]2(C)CC[C@H](C(C)(C)O)C=C12. The molecule has 17 heavy (non-hydrogen) atoms. The van der Waals surface area contributed by atoms with Crippen molar-refractivity contribution in [1.82, 2.24) is 0 Å². The molecule has 0 amide bonds. The molecular formula is C15H26O2. The Balaban J connectivity index is 2.34. The quantitative estimate of drug-likeness (QED) is 0.690. The Labute approximate surface area is 105 Å². The molecule has 0 spiro atoms. The lowest BCUT2D eigenvalue weighted by Gasteiger charge is -2.49. The number of hydrogen-bond acceptors (Lipinski definition) is 2. The smallest absolute Gasteiger partial charge is 0.0654 e. The van der Waals surface area contributed by atoms with E-state index in [9.17, 15) is 10.2 Å². The summed E-state index contributed by atoms with van der Waals surface area (Å²) in [6.07, 6.45) is 6.03. The van der Waals surface area contributed by atoms with Crippen LogP contribution in [0.3, 0.4) is 0 Å². The van der Waals surface area contributed by atoms with Crippen LogP contribution in [0.4, 0.5) is 0 Å². The summed E-state index contributed by atoms with van der Waals surface area (Å²) in [5.41, 5.74) is 0.699. The van der Waals surface area contributed by atoms with Crippen molar-refractivity contribution >= 4 is 0 Å². The fraction of sp³-hybridized carbons (Fsp3) is 0.867. The minimum atomic E-state index is -0.642. The molecule has 0 saturated heterocycles. The highest BCUT2D eigenvalue weighted by atomic mass is 16.3. The molecule has 0 heterocycles. The molecule has 0 aliphatic heterocycles. The van der Waals surface area contributed by atoms with Crippen LogP contribution < -0.4 is 0 Å². The molecule has 2 heteroatoms. The number of rotatable bonds is 1. The zero-order valence-corrected chi connectivity index (χ0v) is 11.5. The molecule has 0 aromatic heterocycles. The summed E-state index contributed by atoms with van der Waals surface area (Å²) in [7, 11) is 0. The fourth-order valence-electron chi connectivity index (χ4n) is 3.62. The summed E-state index contributed by atoms with van der Waals surface area (Å²) in [4.78, 5) is 0. The van der Waals surface area contributed by atoms with Crippen LogP contribution in [0.15, 0.2) is 11.6 Å². The van der Waals surface area contributed by atoms with Gasteiger partial charge in [0.05, 0.1) is 11.7 Å². The summed E-state index contributed by atoms with van der Waals surface area (Å²) < 4.78 is 0. The van der Waals surface area contributed by atoms with Crippen LogP contribution in [0, 0.1) is 17.3 Å². The number of aliphatic hydroxyl groups is 2. The van der Waals surface area contributed by atoms with Gasteiger partial charge in [-0.2, -0.15) is 0 Å². The lowest BCUT2D eigenvalue weighted by atomic mass is 9.58. The fourth-order valence-corrected chi connectivity index (χ4v) is 3.62. The Morgan fingerprint density at radius 3 is 2.53 bits per heavy atom. The van der Waals surface area contributed by atoms with E-state index in [1.54, 1.807) is 0 Å². The maximum atomic E-state index is 10.3. The first-order chi connectivity index (χ1) is 7.75. The number of fused-ring (bicyclic) bond motifs is 1. The molecule has 0 radical (unpaired) electrons. The van der Waals surface area contributed by atoms with E-state index in [0.29, 0.717) is 5.92 Å². The first-order valence-electron chi connectivity index (χ1n) is 6.88. The maximum Gasteiger partial charge on any atom is 0.0654 e. The van der Waals surface area contributed by atoms with E-state index in [1.807, 2.05) is 13.8 Å². The predicted molar refractivity (Wildman–Crippen MR) is 69.6 cm³/mol. The molecule has 2 aliphatic rings. The van der Waals surface area contributed by atoms with E-state index in [4.69, 9.17) is 0 Å². The molecule has 4 atom stereocenters. The van der Waals surface area contributed by atoms with Crippen molar-refractivity contribution in [2.45, 2.75) is 65.1 Å². The lowest BCUT2D eigenvalue weighted by molar-refractivity contribution is -0.0157. The van der Waals surface area contributed by atoms with Crippen LogP contribution in [0.5, 0.6) is 0 Å². The van der Waals surface area contributed by atoms with E-state index in [2.05, 4.69) is 19.9 Å². The summed E-state index contributed by atoms with van der Waals surface area (Å²) in [5, 5.41) is 20.4.